The summed E-state index contributed by atoms with van der Waals surface area (Å²) < 4.78 is 11.0. The average molecular weight is 489 g/mol. The fourth-order valence-electron chi connectivity index (χ4n) is 4.04. The standard InChI is InChI=1S/C6H8N2O2.3C6H5.Sn/c1-6(2-3-6)4-7-8-5(9)10-4;3*1-2-4-6-5-3-1;/h2-3H2,1H3,(H,8,9);3*1-5H;/q;;;;+1/p-1. The Morgan fingerprint density at radius 3 is 1.59 bits per heavy atom. The molecule has 5 rings (SSSR count). The molecule has 0 bridgehead atoms. The molecule has 0 aliphatic heterocycles. The average Bonchev–Trinajstić information content (AvgIpc) is 3.41. The van der Waals surface area contributed by atoms with Gasteiger partial charge in [-0.3, -0.25) is 0 Å². The number of nitrogens with zero attached hydrogens (tertiary/aromatic N) is 2. The Hall–Kier alpha value is -2.60. The van der Waals surface area contributed by atoms with E-state index in [1.807, 2.05) is 54.6 Å². The summed E-state index contributed by atoms with van der Waals surface area (Å²) in [5.74, 6) is 0.229. The van der Waals surface area contributed by atoms with Crippen molar-refractivity contribution in [2.24, 2.45) is 0 Å². The summed E-state index contributed by atoms with van der Waals surface area (Å²) in [4.78, 5) is 13.3. The quantitative estimate of drug-likeness (QED) is 0.405. The summed E-state index contributed by atoms with van der Waals surface area (Å²) >= 11 is -4.03. The zero-order valence-electron chi connectivity index (χ0n) is 16.3. The zero-order valence-corrected chi connectivity index (χ0v) is 19.1. The predicted molar refractivity (Wildman–Crippen MR) is 117 cm³/mol. The van der Waals surface area contributed by atoms with E-state index in [1.54, 1.807) is 2.90 Å². The molecule has 1 fully saturated rings. The molecule has 5 heteroatoms. The summed E-state index contributed by atoms with van der Waals surface area (Å²) in [7, 11) is 0. The van der Waals surface area contributed by atoms with Gasteiger partial charge in [0.15, 0.2) is 0 Å². The van der Waals surface area contributed by atoms with Crippen LogP contribution in [-0.4, -0.2) is 26.7 Å². The van der Waals surface area contributed by atoms with Crippen LogP contribution in [0.15, 0.2) is 100 Å². The number of hydrogen-bond donors (Lipinski definition) is 0. The van der Waals surface area contributed by atoms with Gasteiger partial charge in [-0.2, -0.15) is 0 Å². The van der Waals surface area contributed by atoms with Gasteiger partial charge in [0.05, 0.1) is 0 Å². The van der Waals surface area contributed by atoms with Gasteiger partial charge in [0, 0.05) is 0 Å². The SMILES string of the molecule is CC1(c2n[n]([Sn]([c]3ccccc3)([c]3ccccc3)[c]3ccccc3)c(=O)o2)CC1. The van der Waals surface area contributed by atoms with Gasteiger partial charge in [0.25, 0.3) is 0 Å². The van der Waals surface area contributed by atoms with Gasteiger partial charge >= 0.3 is 174 Å². The van der Waals surface area contributed by atoms with E-state index in [2.05, 4.69) is 43.3 Å². The first-order chi connectivity index (χ1) is 14.1. The van der Waals surface area contributed by atoms with E-state index in [1.165, 1.54) is 10.7 Å². The summed E-state index contributed by atoms with van der Waals surface area (Å²) in [6, 6.07) is 31.1. The molecular weight excluding hydrogens is 467 g/mol. The molecule has 3 aromatic carbocycles. The van der Waals surface area contributed by atoms with E-state index >= 15 is 0 Å². The molecule has 0 radical (unpaired) electrons. The van der Waals surface area contributed by atoms with Gasteiger partial charge in [0.1, 0.15) is 0 Å². The second kappa shape index (κ2) is 7.02. The second-order valence-electron chi connectivity index (χ2n) is 7.95. The number of benzene rings is 3. The number of rotatable bonds is 5. The number of hydrogen-bond acceptors (Lipinski definition) is 3. The van der Waals surface area contributed by atoms with Crippen LogP contribution in [0.2, 0.25) is 0 Å². The molecule has 1 saturated carbocycles. The van der Waals surface area contributed by atoms with Crippen molar-refractivity contribution in [3.05, 3.63) is 107 Å². The van der Waals surface area contributed by atoms with Crippen molar-refractivity contribution < 1.29 is 4.42 Å². The zero-order chi connectivity index (χ0) is 19.9. The Labute approximate surface area is 174 Å². The van der Waals surface area contributed by atoms with Crippen LogP contribution in [-0.2, 0) is 5.41 Å². The Morgan fingerprint density at radius 2 is 1.21 bits per heavy atom. The van der Waals surface area contributed by atoms with Gasteiger partial charge in [-0.25, -0.2) is 0 Å². The Kier molecular flexibility index (Phi) is 4.46. The normalized spacial score (nSPS) is 15.2. The van der Waals surface area contributed by atoms with Crippen LogP contribution >= 0.6 is 0 Å². The molecule has 0 saturated heterocycles. The maximum absolute atomic E-state index is 13.3. The molecule has 0 spiro atoms. The van der Waals surface area contributed by atoms with Crippen LogP contribution < -0.4 is 16.5 Å². The van der Waals surface area contributed by atoms with E-state index in [4.69, 9.17) is 9.52 Å². The molecular formula is C24H22N2O2Sn. The third-order valence-corrected chi connectivity index (χ3v) is 18.6. The molecule has 0 atom stereocenters. The van der Waals surface area contributed by atoms with Crippen molar-refractivity contribution >= 4 is 29.4 Å². The molecule has 0 amide bonds. The first-order valence-electron chi connectivity index (χ1n) is 9.92. The van der Waals surface area contributed by atoms with Crippen molar-refractivity contribution in [3.63, 3.8) is 0 Å². The summed E-state index contributed by atoms with van der Waals surface area (Å²) in [5, 5.41) is 4.88. The molecule has 144 valence electrons. The first kappa shape index (κ1) is 18.4. The fourth-order valence-corrected chi connectivity index (χ4v) is 16.4. The minimum absolute atomic E-state index is 0.105. The third kappa shape index (κ3) is 2.97. The monoisotopic (exact) mass is 490 g/mol. The van der Waals surface area contributed by atoms with E-state index in [0.29, 0.717) is 5.89 Å². The van der Waals surface area contributed by atoms with Gasteiger partial charge < -0.3 is 0 Å². The molecule has 29 heavy (non-hydrogen) atoms. The van der Waals surface area contributed by atoms with E-state index in [0.717, 1.165) is 12.8 Å². The molecule has 0 N–H and O–H groups in total. The molecule has 1 aliphatic rings. The van der Waals surface area contributed by atoms with Crippen LogP contribution in [0.4, 0.5) is 0 Å². The number of aromatic nitrogens is 2. The summed E-state index contributed by atoms with van der Waals surface area (Å²) in [6.45, 7) is 2.12. The summed E-state index contributed by atoms with van der Waals surface area (Å²) in [5.41, 5.74) is -0.105. The third-order valence-electron chi connectivity index (χ3n) is 5.96. The fraction of sp³-hybridized carbons (Fsp3) is 0.167. The van der Waals surface area contributed by atoms with Gasteiger partial charge in [-0.05, 0) is 0 Å². The van der Waals surface area contributed by atoms with Crippen LogP contribution in [0.1, 0.15) is 25.7 Å². The van der Waals surface area contributed by atoms with E-state index < -0.39 is 18.7 Å². The van der Waals surface area contributed by atoms with Gasteiger partial charge in [-0.1, -0.05) is 0 Å². The second-order valence-corrected chi connectivity index (χ2v) is 18.2. The molecule has 0 unspecified atom stereocenters. The summed E-state index contributed by atoms with van der Waals surface area (Å²) in [6.07, 6.45) is 2.02. The molecule has 4 nitrogen and oxygen atoms in total. The van der Waals surface area contributed by atoms with Crippen molar-refractivity contribution in [1.82, 2.24) is 8.00 Å². The van der Waals surface area contributed by atoms with Crippen molar-refractivity contribution in [3.8, 4) is 0 Å². The maximum atomic E-state index is 13.3. The topological polar surface area (TPSA) is 48.0 Å². The first-order valence-corrected chi connectivity index (χ1v) is 15.5. The molecule has 1 aromatic heterocycles. The van der Waals surface area contributed by atoms with Gasteiger partial charge in [-0.15, -0.1) is 0 Å². The van der Waals surface area contributed by atoms with E-state index in [9.17, 15) is 4.79 Å². The van der Waals surface area contributed by atoms with Crippen molar-refractivity contribution in [2.75, 3.05) is 0 Å². The van der Waals surface area contributed by atoms with Gasteiger partial charge in [0.2, 0.25) is 0 Å². The van der Waals surface area contributed by atoms with Crippen LogP contribution in [0, 0.1) is 0 Å². The Morgan fingerprint density at radius 1 is 0.793 bits per heavy atom. The van der Waals surface area contributed by atoms with Crippen LogP contribution in [0.25, 0.3) is 0 Å². The Balaban J connectivity index is 1.89. The van der Waals surface area contributed by atoms with Crippen molar-refractivity contribution in [2.45, 2.75) is 25.2 Å². The molecule has 1 heterocycles. The minimum atomic E-state index is -4.03. The van der Waals surface area contributed by atoms with Crippen LogP contribution in [0.3, 0.4) is 0 Å². The van der Waals surface area contributed by atoms with Crippen molar-refractivity contribution in [1.29, 1.82) is 0 Å². The predicted octanol–water partition coefficient (Wildman–Crippen LogP) is 2.40. The molecule has 4 aromatic rings. The molecule has 1 aliphatic carbocycles. The van der Waals surface area contributed by atoms with Crippen LogP contribution in [0.5, 0.6) is 0 Å². The van der Waals surface area contributed by atoms with E-state index in [-0.39, 0.29) is 11.2 Å². The Bertz CT molecular complexity index is 1080.